The van der Waals surface area contributed by atoms with Gasteiger partial charge in [0.2, 0.25) is 0 Å². The highest BCUT2D eigenvalue weighted by atomic mass is 79.9. The largest absolute Gasteiger partial charge is 0.496 e. The standard InChI is InChI=1S/C11H15BrO3/c1-6-5-8(14-3)9(7(2)13)10(12)11(6)15-4/h5,7,13H,1-4H3. The molecule has 84 valence electrons. The number of hydrogen-bond donors (Lipinski definition) is 1. The molecule has 0 amide bonds. The van der Waals surface area contributed by atoms with Crippen molar-refractivity contribution in [3.63, 3.8) is 0 Å². The third kappa shape index (κ3) is 2.26. The van der Waals surface area contributed by atoms with Gasteiger partial charge in [-0.25, -0.2) is 0 Å². The lowest BCUT2D eigenvalue weighted by molar-refractivity contribution is 0.192. The fourth-order valence-electron chi connectivity index (χ4n) is 1.55. The summed E-state index contributed by atoms with van der Waals surface area (Å²) in [5.41, 5.74) is 1.67. The van der Waals surface area contributed by atoms with Gasteiger partial charge in [0.15, 0.2) is 0 Å². The highest BCUT2D eigenvalue weighted by Gasteiger charge is 2.18. The zero-order chi connectivity index (χ0) is 11.6. The lowest BCUT2D eigenvalue weighted by Gasteiger charge is -2.17. The molecule has 15 heavy (non-hydrogen) atoms. The fourth-order valence-corrected chi connectivity index (χ4v) is 2.55. The smallest absolute Gasteiger partial charge is 0.136 e. The van der Waals surface area contributed by atoms with Gasteiger partial charge in [0.1, 0.15) is 11.5 Å². The summed E-state index contributed by atoms with van der Waals surface area (Å²) in [7, 11) is 3.19. The molecule has 1 atom stereocenters. The number of aliphatic hydroxyl groups is 1. The predicted molar refractivity (Wildman–Crippen MR) is 62.6 cm³/mol. The summed E-state index contributed by atoms with van der Waals surface area (Å²) >= 11 is 3.42. The van der Waals surface area contributed by atoms with Crippen LogP contribution in [0, 0.1) is 6.92 Å². The van der Waals surface area contributed by atoms with Crippen LogP contribution in [0.25, 0.3) is 0 Å². The maximum Gasteiger partial charge on any atom is 0.136 e. The van der Waals surface area contributed by atoms with E-state index in [2.05, 4.69) is 15.9 Å². The summed E-state index contributed by atoms with van der Waals surface area (Å²) < 4.78 is 11.2. The minimum absolute atomic E-state index is 0.608. The number of methoxy groups -OCH3 is 2. The maximum absolute atomic E-state index is 9.66. The van der Waals surface area contributed by atoms with Crippen molar-refractivity contribution >= 4 is 15.9 Å². The zero-order valence-electron chi connectivity index (χ0n) is 9.30. The molecular formula is C11H15BrO3. The van der Waals surface area contributed by atoms with Crippen molar-refractivity contribution in [2.75, 3.05) is 14.2 Å². The second-order valence-corrected chi connectivity index (χ2v) is 4.13. The van der Waals surface area contributed by atoms with E-state index >= 15 is 0 Å². The molecule has 0 fully saturated rings. The van der Waals surface area contributed by atoms with E-state index in [4.69, 9.17) is 9.47 Å². The number of benzene rings is 1. The Morgan fingerprint density at radius 1 is 1.33 bits per heavy atom. The van der Waals surface area contributed by atoms with Crippen molar-refractivity contribution < 1.29 is 14.6 Å². The first-order valence-electron chi connectivity index (χ1n) is 4.62. The molecule has 0 bridgehead atoms. The fraction of sp³-hybridized carbons (Fsp3) is 0.455. The van der Waals surface area contributed by atoms with Crippen molar-refractivity contribution in [3.8, 4) is 11.5 Å². The minimum atomic E-state index is -0.608. The van der Waals surface area contributed by atoms with Crippen molar-refractivity contribution in [2.24, 2.45) is 0 Å². The van der Waals surface area contributed by atoms with Crippen LogP contribution in [0.5, 0.6) is 11.5 Å². The van der Waals surface area contributed by atoms with Gasteiger partial charge in [-0.05, 0) is 41.4 Å². The van der Waals surface area contributed by atoms with Gasteiger partial charge in [-0.2, -0.15) is 0 Å². The molecule has 4 heteroatoms. The van der Waals surface area contributed by atoms with Gasteiger partial charge in [-0.1, -0.05) is 0 Å². The molecule has 0 spiro atoms. The Labute approximate surface area is 98.1 Å². The van der Waals surface area contributed by atoms with Crippen LogP contribution in [0.2, 0.25) is 0 Å². The van der Waals surface area contributed by atoms with Gasteiger partial charge < -0.3 is 14.6 Å². The quantitative estimate of drug-likeness (QED) is 0.921. The van der Waals surface area contributed by atoms with Crippen molar-refractivity contribution in [1.82, 2.24) is 0 Å². The Hall–Kier alpha value is -0.740. The molecule has 0 saturated heterocycles. The Balaban J connectivity index is 3.46. The van der Waals surface area contributed by atoms with E-state index in [1.807, 2.05) is 13.0 Å². The molecule has 3 nitrogen and oxygen atoms in total. The summed E-state index contributed by atoms with van der Waals surface area (Å²) in [5, 5.41) is 9.66. The summed E-state index contributed by atoms with van der Waals surface area (Å²) in [6.45, 7) is 3.62. The Bertz CT molecular complexity index is 361. The van der Waals surface area contributed by atoms with Crippen molar-refractivity contribution in [3.05, 3.63) is 21.7 Å². The monoisotopic (exact) mass is 274 g/mol. The number of aryl methyl sites for hydroxylation is 1. The van der Waals surface area contributed by atoms with Gasteiger partial charge >= 0.3 is 0 Å². The molecule has 1 rings (SSSR count). The van der Waals surface area contributed by atoms with Crippen LogP contribution in [0.1, 0.15) is 24.2 Å². The molecule has 0 aliphatic rings. The highest BCUT2D eigenvalue weighted by Crippen LogP contribution is 2.41. The average molecular weight is 275 g/mol. The molecule has 0 radical (unpaired) electrons. The van der Waals surface area contributed by atoms with Crippen molar-refractivity contribution in [1.29, 1.82) is 0 Å². The first-order valence-corrected chi connectivity index (χ1v) is 5.41. The Morgan fingerprint density at radius 2 is 1.93 bits per heavy atom. The van der Waals surface area contributed by atoms with Gasteiger partial charge in [0, 0.05) is 5.56 Å². The van der Waals surface area contributed by atoms with Crippen LogP contribution < -0.4 is 9.47 Å². The maximum atomic E-state index is 9.66. The van der Waals surface area contributed by atoms with Crippen LogP contribution in [0.15, 0.2) is 10.5 Å². The van der Waals surface area contributed by atoms with Gasteiger partial charge in [0.05, 0.1) is 24.8 Å². The van der Waals surface area contributed by atoms with Gasteiger partial charge in [-0.15, -0.1) is 0 Å². The van der Waals surface area contributed by atoms with E-state index in [0.29, 0.717) is 11.3 Å². The second-order valence-electron chi connectivity index (χ2n) is 3.33. The van der Waals surface area contributed by atoms with E-state index in [1.54, 1.807) is 21.1 Å². The number of rotatable bonds is 3. The third-order valence-electron chi connectivity index (χ3n) is 2.25. The van der Waals surface area contributed by atoms with Crippen LogP contribution in [0.4, 0.5) is 0 Å². The molecule has 1 aromatic carbocycles. The summed E-state index contributed by atoms with van der Waals surface area (Å²) in [6, 6.07) is 1.85. The first-order chi connectivity index (χ1) is 7.02. The summed E-state index contributed by atoms with van der Waals surface area (Å²) in [6.07, 6.45) is -0.608. The highest BCUT2D eigenvalue weighted by molar-refractivity contribution is 9.10. The molecular weight excluding hydrogens is 260 g/mol. The molecule has 0 aromatic heterocycles. The van der Waals surface area contributed by atoms with E-state index in [9.17, 15) is 5.11 Å². The number of hydrogen-bond acceptors (Lipinski definition) is 3. The lowest BCUT2D eigenvalue weighted by Crippen LogP contribution is -2.01. The lowest BCUT2D eigenvalue weighted by atomic mass is 10.1. The zero-order valence-corrected chi connectivity index (χ0v) is 10.9. The molecule has 1 unspecified atom stereocenters. The van der Waals surface area contributed by atoms with Gasteiger partial charge in [0.25, 0.3) is 0 Å². The molecule has 0 saturated carbocycles. The number of ether oxygens (including phenoxy) is 2. The number of aliphatic hydroxyl groups excluding tert-OH is 1. The predicted octanol–water partition coefficient (Wildman–Crippen LogP) is 2.83. The van der Waals surface area contributed by atoms with E-state index in [0.717, 1.165) is 15.8 Å². The minimum Gasteiger partial charge on any atom is -0.496 e. The summed E-state index contributed by atoms with van der Waals surface area (Å²) in [5.74, 6) is 1.39. The Kier molecular flexibility index (Phi) is 3.99. The average Bonchev–Trinajstić information content (AvgIpc) is 2.16. The molecule has 0 heterocycles. The topological polar surface area (TPSA) is 38.7 Å². The Morgan fingerprint density at radius 3 is 2.33 bits per heavy atom. The molecule has 1 N–H and O–H groups in total. The van der Waals surface area contributed by atoms with Crippen molar-refractivity contribution in [2.45, 2.75) is 20.0 Å². The van der Waals surface area contributed by atoms with Crippen LogP contribution in [-0.4, -0.2) is 19.3 Å². The van der Waals surface area contributed by atoms with Crippen LogP contribution in [0.3, 0.4) is 0 Å². The van der Waals surface area contributed by atoms with Crippen LogP contribution in [-0.2, 0) is 0 Å². The third-order valence-corrected chi connectivity index (χ3v) is 3.04. The second kappa shape index (κ2) is 4.86. The number of halogens is 1. The molecule has 1 aromatic rings. The molecule has 0 aliphatic carbocycles. The van der Waals surface area contributed by atoms with Gasteiger partial charge in [-0.3, -0.25) is 0 Å². The first kappa shape index (κ1) is 12.3. The normalized spacial score (nSPS) is 12.4. The summed E-state index contributed by atoms with van der Waals surface area (Å²) in [4.78, 5) is 0. The van der Waals surface area contributed by atoms with Crippen LogP contribution >= 0.6 is 15.9 Å². The van der Waals surface area contributed by atoms with E-state index < -0.39 is 6.10 Å². The van der Waals surface area contributed by atoms with E-state index in [1.165, 1.54) is 0 Å². The molecule has 0 aliphatic heterocycles. The van der Waals surface area contributed by atoms with E-state index in [-0.39, 0.29) is 0 Å². The SMILES string of the molecule is COc1cc(C)c(OC)c(Br)c1C(C)O.